The summed E-state index contributed by atoms with van der Waals surface area (Å²) in [5.74, 6) is 3.29. The van der Waals surface area contributed by atoms with Crippen molar-refractivity contribution in [2.75, 3.05) is 13.1 Å². The zero-order valence-electron chi connectivity index (χ0n) is 12.4. The minimum Gasteiger partial charge on any atom is -0.316 e. The van der Waals surface area contributed by atoms with Crippen molar-refractivity contribution in [3.8, 4) is 0 Å². The molecule has 1 saturated heterocycles. The topological polar surface area (TPSA) is 12.0 Å². The molecule has 1 saturated carbocycles. The minimum absolute atomic E-state index is 0.780. The average molecular weight is 257 g/mol. The van der Waals surface area contributed by atoms with Gasteiger partial charge in [-0.1, -0.05) is 38.1 Å². The fourth-order valence-corrected chi connectivity index (χ4v) is 3.68. The summed E-state index contributed by atoms with van der Waals surface area (Å²) in [6.45, 7) is 7.10. The normalized spacial score (nSPS) is 27.7. The van der Waals surface area contributed by atoms with Gasteiger partial charge in [-0.05, 0) is 73.6 Å². The van der Waals surface area contributed by atoms with Crippen molar-refractivity contribution in [2.24, 2.45) is 11.8 Å². The summed E-state index contributed by atoms with van der Waals surface area (Å²) in [5.41, 5.74) is 3.20. The third-order valence-electron chi connectivity index (χ3n) is 4.77. The Morgan fingerprint density at radius 2 is 1.95 bits per heavy atom. The lowest BCUT2D eigenvalue weighted by atomic mass is 9.77. The zero-order chi connectivity index (χ0) is 13.2. The smallest absolute Gasteiger partial charge is 0.00146 e. The summed E-state index contributed by atoms with van der Waals surface area (Å²) in [5, 5.41) is 3.59. The molecule has 19 heavy (non-hydrogen) atoms. The lowest BCUT2D eigenvalue weighted by molar-refractivity contribution is 0.280. The largest absolute Gasteiger partial charge is 0.316 e. The van der Waals surface area contributed by atoms with Gasteiger partial charge in [-0.15, -0.1) is 0 Å². The van der Waals surface area contributed by atoms with Gasteiger partial charge >= 0.3 is 0 Å². The standard InChI is InChI=1S/C18H27N/c1-13(2)10-17-12-19-9-8-18(17)16-5-3-4-15(11-16)14-6-7-14/h3-5,11,13-14,17-19H,6-10,12H2,1-2H3. The number of benzene rings is 1. The summed E-state index contributed by atoms with van der Waals surface area (Å²) >= 11 is 0. The maximum atomic E-state index is 3.59. The van der Waals surface area contributed by atoms with E-state index in [1.807, 2.05) is 0 Å². The van der Waals surface area contributed by atoms with Gasteiger partial charge in [0, 0.05) is 0 Å². The Morgan fingerprint density at radius 1 is 1.16 bits per heavy atom. The van der Waals surface area contributed by atoms with Crippen molar-refractivity contribution >= 4 is 0 Å². The number of rotatable bonds is 4. The maximum absolute atomic E-state index is 3.59. The van der Waals surface area contributed by atoms with Crippen LogP contribution in [0.4, 0.5) is 0 Å². The summed E-state index contributed by atoms with van der Waals surface area (Å²) in [7, 11) is 0. The lowest BCUT2D eigenvalue weighted by Crippen LogP contribution is -2.36. The Bertz CT molecular complexity index is 419. The molecule has 1 aliphatic carbocycles. The fourth-order valence-electron chi connectivity index (χ4n) is 3.68. The van der Waals surface area contributed by atoms with Gasteiger partial charge in [0.2, 0.25) is 0 Å². The quantitative estimate of drug-likeness (QED) is 0.848. The molecule has 2 unspecified atom stereocenters. The van der Waals surface area contributed by atoms with Crippen LogP contribution in [0.5, 0.6) is 0 Å². The Labute approximate surface area is 117 Å². The third kappa shape index (κ3) is 3.20. The van der Waals surface area contributed by atoms with Gasteiger partial charge in [0.25, 0.3) is 0 Å². The van der Waals surface area contributed by atoms with Crippen LogP contribution in [0.2, 0.25) is 0 Å². The highest BCUT2D eigenvalue weighted by molar-refractivity contribution is 5.32. The molecule has 0 aromatic heterocycles. The molecule has 2 atom stereocenters. The number of nitrogens with one attached hydrogen (secondary N) is 1. The monoisotopic (exact) mass is 257 g/mol. The predicted molar refractivity (Wildman–Crippen MR) is 81.6 cm³/mol. The predicted octanol–water partition coefficient (Wildman–Crippen LogP) is 4.30. The molecule has 1 aromatic rings. The highest BCUT2D eigenvalue weighted by Gasteiger charge is 2.28. The summed E-state index contributed by atoms with van der Waals surface area (Å²) < 4.78 is 0. The van der Waals surface area contributed by atoms with Gasteiger partial charge in [-0.3, -0.25) is 0 Å². The van der Waals surface area contributed by atoms with Crippen LogP contribution in [0.3, 0.4) is 0 Å². The van der Waals surface area contributed by atoms with Gasteiger partial charge < -0.3 is 5.32 Å². The molecule has 2 aliphatic rings. The van der Waals surface area contributed by atoms with E-state index in [4.69, 9.17) is 0 Å². The zero-order valence-corrected chi connectivity index (χ0v) is 12.4. The van der Waals surface area contributed by atoms with Crippen molar-refractivity contribution in [2.45, 2.75) is 51.4 Å². The van der Waals surface area contributed by atoms with E-state index >= 15 is 0 Å². The second-order valence-electron chi connectivity index (χ2n) is 6.93. The van der Waals surface area contributed by atoms with Crippen molar-refractivity contribution in [1.82, 2.24) is 5.32 Å². The van der Waals surface area contributed by atoms with Crippen LogP contribution < -0.4 is 5.32 Å². The highest BCUT2D eigenvalue weighted by atomic mass is 14.9. The molecule has 0 bridgehead atoms. The Morgan fingerprint density at radius 3 is 2.68 bits per heavy atom. The first-order valence-electron chi connectivity index (χ1n) is 8.04. The van der Waals surface area contributed by atoms with E-state index in [0.29, 0.717) is 0 Å². The van der Waals surface area contributed by atoms with E-state index in [9.17, 15) is 0 Å². The van der Waals surface area contributed by atoms with E-state index in [-0.39, 0.29) is 0 Å². The molecular weight excluding hydrogens is 230 g/mol. The van der Waals surface area contributed by atoms with Gasteiger partial charge in [0.15, 0.2) is 0 Å². The molecule has 1 heteroatoms. The molecule has 1 aliphatic heterocycles. The first-order valence-corrected chi connectivity index (χ1v) is 8.04. The van der Waals surface area contributed by atoms with Crippen LogP contribution in [0.15, 0.2) is 24.3 Å². The fraction of sp³-hybridized carbons (Fsp3) is 0.667. The molecule has 1 heterocycles. The molecule has 1 aromatic carbocycles. The second kappa shape index (κ2) is 5.66. The molecule has 1 N–H and O–H groups in total. The minimum atomic E-state index is 0.780. The number of piperidine rings is 1. The Balaban J connectivity index is 1.79. The van der Waals surface area contributed by atoms with E-state index in [2.05, 4.69) is 43.4 Å². The molecule has 2 fully saturated rings. The van der Waals surface area contributed by atoms with E-state index < -0.39 is 0 Å². The molecule has 1 nitrogen and oxygen atoms in total. The van der Waals surface area contributed by atoms with E-state index in [1.54, 1.807) is 11.1 Å². The van der Waals surface area contributed by atoms with Crippen LogP contribution in [-0.4, -0.2) is 13.1 Å². The van der Waals surface area contributed by atoms with Gasteiger partial charge in [-0.25, -0.2) is 0 Å². The van der Waals surface area contributed by atoms with Crippen LogP contribution in [0, 0.1) is 11.8 Å². The molecular formula is C18H27N. The summed E-state index contributed by atoms with van der Waals surface area (Å²) in [6.07, 6.45) is 5.48. The molecule has 0 spiro atoms. The molecule has 3 rings (SSSR count). The summed E-state index contributed by atoms with van der Waals surface area (Å²) in [4.78, 5) is 0. The Hall–Kier alpha value is -0.820. The average Bonchev–Trinajstić information content (AvgIpc) is 3.23. The number of hydrogen-bond donors (Lipinski definition) is 1. The molecule has 104 valence electrons. The van der Waals surface area contributed by atoms with Gasteiger partial charge in [-0.2, -0.15) is 0 Å². The van der Waals surface area contributed by atoms with Crippen LogP contribution in [0.25, 0.3) is 0 Å². The third-order valence-corrected chi connectivity index (χ3v) is 4.77. The van der Waals surface area contributed by atoms with Gasteiger partial charge in [0.05, 0.1) is 0 Å². The van der Waals surface area contributed by atoms with Crippen molar-refractivity contribution in [3.63, 3.8) is 0 Å². The lowest BCUT2D eigenvalue weighted by Gasteiger charge is -2.34. The van der Waals surface area contributed by atoms with Crippen LogP contribution in [0.1, 0.15) is 62.5 Å². The first kappa shape index (κ1) is 13.2. The van der Waals surface area contributed by atoms with Crippen molar-refractivity contribution in [1.29, 1.82) is 0 Å². The Kier molecular flexibility index (Phi) is 3.93. The van der Waals surface area contributed by atoms with Crippen molar-refractivity contribution < 1.29 is 0 Å². The van der Waals surface area contributed by atoms with Crippen molar-refractivity contribution in [3.05, 3.63) is 35.4 Å². The van der Waals surface area contributed by atoms with Gasteiger partial charge in [0.1, 0.15) is 0 Å². The molecule has 0 amide bonds. The highest BCUT2D eigenvalue weighted by Crippen LogP contribution is 2.42. The molecule has 0 radical (unpaired) electrons. The first-order chi connectivity index (χ1) is 9.24. The van der Waals surface area contributed by atoms with E-state index in [1.165, 1.54) is 38.8 Å². The van der Waals surface area contributed by atoms with E-state index in [0.717, 1.165) is 23.7 Å². The summed E-state index contributed by atoms with van der Waals surface area (Å²) in [6, 6.07) is 9.51. The van der Waals surface area contributed by atoms with Crippen LogP contribution >= 0.6 is 0 Å². The second-order valence-corrected chi connectivity index (χ2v) is 6.93. The SMILES string of the molecule is CC(C)CC1CNCCC1c1cccc(C2CC2)c1. The van der Waals surface area contributed by atoms with Crippen LogP contribution in [-0.2, 0) is 0 Å². The maximum Gasteiger partial charge on any atom is -0.00146 e. The number of hydrogen-bond acceptors (Lipinski definition) is 1.